The molecule has 0 saturated heterocycles. The number of nitriles is 1. The van der Waals surface area contributed by atoms with E-state index in [0.29, 0.717) is 0 Å². The molecule has 1 rings (SSSR count). The first kappa shape index (κ1) is 15.1. The summed E-state index contributed by atoms with van der Waals surface area (Å²) in [7, 11) is 2.52. The normalized spacial score (nSPS) is 10.9. The number of alkyl halides is 3. The van der Waals surface area contributed by atoms with Gasteiger partial charge in [-0.1, -0.05) is 0 Å². The number of hydrogen-bond donors (Lipinski definition) is 2. The van der Waals surface area contributed by atoms with Crippen molar-refractivity contribution >= 4 is 27.9 Å². The minimum Gasteiger partial charge on any atom is -0.396 e. The summed E-state index contributed by atoms with van der Waals surface area (Å²) in [6.45, 7) is -1.23. The van der Waals surface area contributed by atoms with Crippen LogP contribution in [0.4, 0.5) is 23.9 Å². The molecule has 1 aromatic heterocycles. The Morgan fingerprint density at radius 3 is 2.58 bits per heavy atom. The highest BCUT2D eigenvalue weighted by atomic mass is 32.1. The lowest BCUT2D eigenvalue weighted by molar-refractivity contribution is -0.119. The van der Waals surface area contributed by atoms with Crippen LogP contribution in [-0.4, -0.2) is 32.7 Å². The van der Waals surface area contributed by atoms with Crippen LogP contribution >= 0.6 is 11.3 Å². The Balaban J connectivity index is 3.27. The molecule has 1 heterocycles. The Hall–Kier alpha value is -1.95. The molecule has 0 aromatic carbocycles. The highest BCUT2D eigenvalue weighted by Gasteiger charge is 2.32. The number of nitrogens with zero attached hydrogens (tertiary/aromatic N) is 2. The van der Waals surface area contributed by atoms with Gasteiger partial charge >= 0.3 is 6.18 Å². The maximum Gasteiger partial charge on any atom is 0.405 e. The van der Waals surface area contributed by atoms with E-state index in [2.05, 4.69) is 5.32 Å². The first-order chi connectivity index (χ1) is 8.71. The van der Waals surface area contributed by atoms with Crippen molar-refractivity contribution < 1.29 is 18.0 Å². The third kappa shape index (κ3) is 3.29. The van der Waals surface area contributed by atoms with Crippen molar-refractivity contribution in [3.63, 3.8) is 0 Å². The second-order valence-electron chi connectivity index (χ2n) is 3.69. The first-order valence-corrected chi connectivity index (χ1v) is 5.85. The molecule has 9 heteroatoms. The molecule has 0 spiro atoms. The highest BCUT2D eigenvalue weighted by molar-refractivity contribution is 7.17. The second-order valence-corrected chi connectivity index (χ2v) is 4.69. The maximum atomic E-state index is 12.4. The third-order valence-electron chi connectivity index (χ3n) is 2.25. The van der Waals surface area contributed by atoms with Gasteiger partial charge in [0.05, 0.1) is 11.3 Å². The average Bonchev–Trinajstić information content (AvgIpc) is 2.63. The van der Waals surface area contributed by atoms with Crippen LogP contribution in [0, 0.1) is 11.3 Å². The van der Waals surface area contributed by atoms with Gasteiger partial charge in [-0.3, -0.25) is 4.79 Å². The van der Waals surface area contributed by atoms with Gasteiger partial charge in [-0.25, -0.2) is 0 Å². The van der Waals surface area contributed by atoms with Crippen LogP contribution in [0.1, 0.15) is 15.2 Å². The lowest BCUT2D eigenvalue weighted by Crippen LogP contribution is -2.32. The lowest BCUT2D eigenvalue weighted by atomic mass is 10.2. The Bertz CT molecular complexity index is 532. The molecule has 0 aliphatic rings. The van der Waals surface area contributed by atoms with E-state index < -0.39 is 18.6 Å². The molecule has 3 N–H and O–H groups in total. The van der Waals surface area contributed by atoms with Gasteiger partial charge in [0, 0.05) is 14.1 Å². The fraction of sp³-hybridized carbons (Fsp3) is 0.400. The van der Waals surface area contributed by atoms with E-state index in [1.807, 2.05) is 0 Å². The van der Waals surface area contributed by atoms with Gasteiger partial charge in [-0.05, 0) is 0 Å². The Kier molecular flexibility index (Phi) is 4.26. The second kappa shape index (κ2) is 5.36. The summed E-state index contributed by atoms with van der Waals surface area (Å²) in [5.74, 6) is -0.626. The van der Waals surface area contributed by atoms with E-state index >= 15 is 0 Å². The number of carbonyl (C=O) groups is 1. The van der Waals surface area contributed by atoms with Gasteiger partial charge in [0.2, 0.25) is 0 Å². The van der Waals surface area contributed by atoms with Crippen molar-refractivity contribution in [1.82, 2.24) is 5.32 Å². The van der Waals surface area contributed by atoms with Crippen molar-refractivity contribution in [2.45, 2.75) is 6.18 Å². The summed E-state index contributed by atoms with van der Waals surface area (Å²) in [6, 6.07) is 1.76. The summed E-state index contributed by atoms with van der Waals surface area (Å²) >= 11 is 0.758. The van der Waals surface area contributed by atoms with Crippen molar-refractivity contribution in [3.05, 3.63) is 10.4 Å². The summed E-state index contributed by atoms with van der Waals surface area (Å²) in [5, 5.41) is 11.1. The number of amides is 1. The quantitative estimate of drug-likeness (QED) is 0.885. The van der Waals surface area contributed by atoms with Crippen LogP contribution in [0.5, 0.6) is 0 Å². The largest absolute Gasteiger partial charge is 0.405 e. The minimum absolute atomic E-state index is 0.0163. The number of nitrogens with one attached hydrogen (secondary N) is 1. The molecule has 0 fully saturated rings. The molecule has 104 valence electrons. The van der Waals surface area contributed by atoms with E-state index in [9.17, 15) is 18.0 Å². The summed E-state index contributed by atoms with van der Waals surface area (Å²) in [4.78, 5) is 12.5. The van der Waals surface area contributed by atoms with Gasteiger partial charge in [0.1, 0.15) is 22.5 Å². The standard InChI is InChI=1S/C10H11F3N4OS/c1-16-8(18)6-7(15)5(3-14)19-9(6)17(2)4-10(11,12)13/h4,15H2,1-2H3,(H,16,18). The van der Waals surface area contributed by atoms with Gasteiger partial charge in [0.25, 0.3) is 5.91 Å². The third-order valence-corrected chi connectivity index (χ3v) is 3.47. The minimum atomic E-state index is -4.42. The summed E-state index contributed by atoms with van der Waals surface area (Å²) in [6.07, 6.45) is -4.42. The molecule has 0 atom stereocenters. The molecule has 5 nitrogen and oxygen atoms in total. The van der Waals surface area contributed by atoms with E-state index in [1.165, 1.54) is 14.1 Å². The van der Waals surface area contributed by atoms with E-state index in [1.54, 1.807) is 6.07 Å². The van der Waals surface area contributed by atoms with Crippen molar-refractivity contribution in [1.29, 1.82) is 5.26 Å². The molecule has 1 amide bonds. The van der Waals surface area contributed by atoms with E-state index in [0.717, 1.165) is 16.2 Å². The first-order valence-electron chi connectivity index (χ1n) is 5.03. The van der Waals surface area contributed by atoms with E-state index in [-0.39, 0.29) is 21.1 Å². The zero-order chi connectivity index (χ0) is 14.8. The molecule has 0 bridgehead atoms. The van der Waals surface area contributed by atoms with Gasteiger partial charge < -0.3 is 16.0 Å². The van der Waals surface area contributed by atoms with Crippen LogP contribution in [0.3, 0.4) is 0 Å². The zero-order valence-corrected chi connectivity index (χ0v) is 10.9. The number of halogens is 3. The smallest absolute Gasteiger partial charge is 0.396 e. The maximum absolute atomic E-state index is 12.4. The Morgan fingerprint density at radius 2 is 2.16 bits per heavy atom. The Labute approximate surface area is 111 Å². The Morgan fingerprint density at radius 1 is 1.58 bits per heavy atom. The fourth-order valence-corrected chi connectivity index (χ4v) is 2.44. The van der Waals surface area contributed by atoms with Crippen LogP contribution in [0.25, 0.3) is 0 Å². The van der Waals surface area contributed by atoms with Crippen molar-refractivity contribution in [2.24, 2.45) is 0 Å². The molecule has 1 aromatic rings. The number of rotatable bonds is 3. The predicted octanol–water partition coefficient (Wildman–Crippen LogP) is 1.56. The van der Waals surface area contributed by atoms with E-state index in [4.69, 9.17) is 11.0 Å². The molecular formula is C10H11F3N4OS. The number of nitrogens with two attached hydrogens (primary N) is 1. The zero-order valence-electron chi connectivity index (χ0n) is 10.1. The van der Waals surface area contributed by atoms with Crippen LogP contribution in [0.15, 0.2) is 0 Å². The molecule has 0 saturated carbocycles. The fourth-order valence-electron chi connectivity index (χ4n) is 1.47. The van der Waals surface area contributed by atoms with Crippen LogP contribution < -0.4 is 16.0 Å². The molecule has 0 unspecified atom stereocenters. The topological polar surface area (TPSA) is 82.2 Å². The summed E-state index contributed by atoms with van der Waals surface area (Å²) in [5.41, 5.74) is 5.41. The van der Waals surface area contributed by atoms with Gasteiger partial charge in [-0.15, -0.1) is 11.3 Å². The highest BCUT2D eigenvalue weighted by Crippen LogP contribution is 2.38. The SMILES string of the molecule is CNC(=O)c1c(N(C)CC(F)(F)F)sc(C#N)c1N. The van der Waals surface area contributed by atoms with Crippen LogP contribution in [-0.2, 0) is 0 Å². The summed E-state index contributed by atoms with van der Waals surface area (Å²) < 4.78 is 37.1. The number of carbonyl (C=O) groups excluding carboxylic acids is 1. The molecule has 0 aliphatic carbocycles. The van der Waals surface area contributed by atoms with Crippen LogP contribution in [0.2, 0.25) is 0 Å². The molecule has 19 heavy (non-hydrogen) atoms. The number of nitrogen functional groups attached to an aromatic ring is 1. The van der Waals surface area contributed by atoms with Gasteiger partial charge in [-0.2, -0.15) is 18.4 Å². The van der Waals surface area contributed by atoms with Crippen molar-refractivity contribution in [3.8, 4) is 6.07 Å². The number of anilines is 2. The lowest BCUT2D eigenvalue weighted by Gasteiger charge is -2.20. The average molecular weight is 292 g/mol. The monoisotopic (exact) mass is 292 g/mol. The predicted molar refractivity (Wildman–Crippen MR) is 66.2 cm³/mol. The molecule has 0 aliphatic heterocycles. The molecule has 0 radical (unpaired) electrons. The van der Waals surface area contributed by atoms with Crippen molar-refractivity contribution in [2.75, 3.05) is 31.3 Å². The number of thiophene rings is 1. The number of hydrogen-bond acceptors (Lipinski definition) is 5. The molecular weight excluding hydrogens is 281 g/mol. The van der Waals surface area contributed by atoms with Gasteiger partial charge in [0.15, 0.2) is 0 Å².